The summed E-state index contributed by atoms with van der Waals surface area (Å²) in [6.07, 6.45) is 19.9. The van der Waals surface area contributed by atoms with Crippen LogP contribution in [0.3, 0.4) is 0 Å². The van der Waals surface area contributed by atoms with E-state index in [4.69, 9.17) is 0 Å². The standard InChI is InChI=1S/C27H39F/c1-3-5-6-7-20-9-10-22-16-23(13-12-21(22)14-20)25-17-24-11-8-19(4-2)15-26(24)27(28)18-25/h3,5,17-23H,4,6-16H2,1-2H3/b5-3+. The molecule has 1 aromatic carbocycles. The third-order valence-electron chi connectivity index (χ3n) is 8.37. The Morgan fingerprint density at radius 3 is 2.64 bits per heavy atom. The molecule has 1 heteroatoms. The number of aryl methyl sites for hydroxylation is 1. The Balaban J connectivity index is 1.39. The minimum Gasteiger partial charge on any atom is -0.207 e. The van der Waals surface area contributed by atoms with Gasteiger partial charge in [-0.05, 0) is 123 Å². The molecule has 3 aliphatic rings. The van der Waals surface area contributed by atoms with Crippen LogP contribution in [0.1, 0.15) is 101 Å². The van der Waals surface area contributed by atoms with Gasteiger partial charge in [0.25, 0.3) is 0 Å². The molecular formula is C27H39F. The normalized spacial score (nSPS) is 32.9. The molecule has 0 bridgehead atoms. The molecule has 0 N–H and O–H groups in total. The lowest BCUT2D eigenvalue weighted by Gasteiger charge is -2.42. The highest BCUT2D eigenvalue weighted by Gasteiger charge is 2.36. The number of rotatable bonds is 5. The van der Waals surface area contributed by atoms with Crippen molar-refractivity contribution in [1.82, 2.24) is 0 Å². The number of fused-ring (bicyclic) bond motifs is 2. The highest BCUT2D eigenvalue weighted by Crippen LogP contribution is 2.49. The van der Waals surface area contributed by atoms with Crippen LogP contribution >= 0.6 is 0 Å². The van der Waals surface area contributed by atoms with Crippen molar-refractivity contribution in [2.45, 2.75) is 96.8 Å². The van der Waals surface area contributed by atoms with Crippen LogP contribution in [-0.4, -0.2) is 0 Å². The molecule has 4 rings (SSSR count). The van der Waals surface area contributed by atoms with Crippen molar-refractivity contribution in [3.63, 3.8) is 0 Å². The second-order valence-electron chi connectivity index (χ2n) is 10.0. The van der Waals surface area contributed by atoms with Gasteiger partial charge in [0.2, 0.25) is 0 Å². The summed E-state index contributed by atoms with van der Waals surface area (Å²) >= 11 is 0. The highest BCUT2D eigenvalue weighted by atomic mass is 19.1. The lowest BCUT2D eigenvalue weighted by atomic mass is 9.63. The molecule has 0 aliphatic heterocycles. The van der Waals surface area contributed by atoms with Gasteiger partial charge in [-0.3, -0.25) is 0 Å². The Labute approximate surface area is 172 Å². The summed E-state index contributed by atoms with van der Waals surface area (Å²) in [5, 5.41) is 0. The summed E-state index contributed by atoms with van der Waals surface area (Å²) in [5.74, 6) is 4.16. The van der Waals surface area contributed by atoms with E-state index < -0.39 is 0 Å². The van der Waals surface area contributed by atoms with Crippen LogP contribution in [0.25, 0.3) is 0 Å². The third kappa shape index (κ3) is 4.39. The Morgan fingerprint density at radius 2 is 1.82 bits per heavy atom. The molecule has 3 aliphatic carbocycles. The van der Waals surface area contributed by atoms with Crippen molar-refractivity contribution in [3.8, 4) is 0 Å². The third-order valence-corrected chi connectivity index (χ3v) is 8.37. The minimum atomic E-state index is 0.0976. The molecule has 0 spiro atoms. The molecule has 0 saturated heterocycles. The van der Waals surface area contributed by atoms with Crippen molar-refractivity contribution in [1.29, 1.82) is 0 Å². The molecule has 28 heavy (non-hydrogen) atoms. The van der Waals surface area contributed by atoms with Gasteiger partial charge in [0.15, 0.2) is 0 Å². The van der Waals surface area contributed by atoms with Crippen molar-refractivity contribution < 1.29 is 4.39 Å². The fraction of sp³-hybridized carbons (Fsp3) is 0.704. The van der Waals surface area contributed by atoms with Crippen molar-refractivity contribution in [2.75, 3.05) is 0 Å². The number of benzene rings is 1. The summed E-state index contributed by atoms with van der Waals surface area (Å²) < 4.78 is 14.9. The number of hydrogen-bond donors (Lipinski definition) is 0. The molecule has 2 saturated carbocycles. The zero-order chi connectivity index (χ0) is 19.5. The summed E-state index contributed by atoms with van der Waals surface area (Å²) in [6, 6.07) is 4.32. The van der Waals surface area contributed by atoms with Crippen LogP contribution in [0.2, 0.25) is 0 Å². The van der Waals surface area contributed by atoms with Crippen molar-refractivity contribution >= 4 is 0 Å². The van der Waals surface area contributed by atoms with E-state index >= 15 is 0 Å². The Morgan fingerprint density at radius 1 is 1.00 bits per heavy atom. The van der Waals surface area contributed by atoms with Crippen molar-refractivity contribution in [3.05, 3.63) is 46.8 Å². The number of hydrogen-bond acceptors (Lipinski definition) is 0. The first-order chi connectivity index (χ1) is 13.7. The van der Waals surface area contributed by atoms with Crippen LogP contribution in [0, 0.1) is 29.5 Å². The zero-order valence-electron chi connectivity index (χ0n) is 18.1. The first-order valence-electron chi connectivity index (χ1n) is 12.1. The maximum atomic E-state index is 14.9. The summed E-state index contributed by atoms with van der Waals surface area (Å²) in [5.41, 5.74) is 3.69. The molecule has 0 heterocycles. The quantitative estimate of drug-likeness (QED) is 0.453. The monoisotopic (exact) mass is 382 g/mol. The van der Waals surface area contributed by atoms with Gasteiger partial charge < -0.3 is 0 Å². The summed E-state index contributed by atoms with van der Waals surface area (Å²) in [4.78, 5) is 0. The van der Waals surface area contributed by atoms with Gasteiger partial charge in [-0.25, -0.2) is 4.39 Å². The second-order valence-corrected chi connectivity index (χ2v) is 10.0. The minimum absolute atomic E-state index is 0.0976. The van der Waals surface area contributed by atoms with Crippen LogP contribution in [0.15, 0.2) is 24.3 Å². The van der Waals surface area contributed by atoms with Gasteiger partial charge in [-0.1, -0.05) is 38.0 Å². The maximum absolute atomic E-state index is 14.9. The average Bonchev–Trinajstić information content (AvgIpc) is 2.73. The zero-order valence-corrected chi connectivity index (χ0v) is 18.1. The molecule has 154 valence electrons. The van der Waals surface area contributed by atoms with Gasteiger partial charge in [-0.15, -0.1) is 0 Å². The first-order valence-corrected chi connectivity index (χ1v) is 12.1. The average molecular weight is 383 g/mol. The topological polar surface area (TPSA) is 0 Å². The lowest BCUT2D eigenvalue weighted by Crippen LogP contribution is -2.30. The van der Waals surface area contributed by atoms with Gasteiger partial charge in [0.1, 0.15) is 5.82 Å². The van der Waals surface area contributed by atoms with Crippen LogP contribution in [0.4, 0.5) is 4.39 Å². The smallest absolute Gasteiger partial charge is 0.126 e. The van der Waals surface area contributed by atoms with Crippen LogP contribution in [-0.2, 0) is 12.8 Å². The fourth-order valence-electron chi connectivity index (χ4n) is 6.55. The van der Waals surface area contributed by atoms with E-state index in [9.17, 15) is 4.39 Å². The van der Waals surface area contributed by atoms with E-state index in [1.165, 1.54) is 75.3 Å². The SMILES string of the molecule is C/C=C/CCC1CCC2CC(c3cc(F)c4c(c3)CCC(CC)C4)CCC2C1. The molecular weight excluding hydrogens is 343 g/mol. The predicted molar refractivity (Wildman–Crippen MR) is 117 cm³/mol. The highest BCUT2D eigenvalue weighted by molar-refractivity contribution is 5.37. The number of allylic oxidation sites excluding steroid dienone is 2. The molecule has 2 fully saturated rings. The Bertz CT molecular complexity index is 688. The molecule has 0 radical (unpaired) electrons. The van der Waals surface area contributed by atoms with E-state index in [0.29, 0.717) is 11.8 Å². The summed E-state index contributed by atoms with van der Waals surface area (Å²) in [7, 11) is 0. The van der Waals surface area contributed by atoms with Gasteiger partial charge >= 0.3 is 0 Å². The fourth-order valence-corrected chi connectivity index (χ4v) is 6.55. The Kier molecular flexibility index (Phi) is 6.59. The molecule has 0 aromatic heterocycles. The van der Waals surface area contributed by atoms with E-state index in [2.05, 4.69) is 32.1 Å². The summed E-state index contributed by atoms with van der Waals surface area (Å²) in [6.45, 7) is 4.37. The van der Waals surface area contributed by atoms with Crippen LogP contribution < -0.4 is 0 Å². The molecule has 1 aromatic rings. The van der Waals surface area contributed by atoms with E-state index in [1.807, 2.05) is 6.07 Å². The van der Waals surface area contributed by atoms with Gasteiger partial charge in [0, 0.05) is 0 Å². The Hall–Kier alpha value is -1.11. The molecule has 5 unspecified atom stereocenters. The van der Waals surface area contributed by atoms with E-state index in [-0.39, 0.29) is 5.82 Å². The van der Waals surface area contributed by atoms with E-state index in [1.54, 1.807) is 0 Å². The predicted octanol–water partition coefficient (Wildman–Crippen LogP) is 8.00. The first kappa shape index (κ1) is 20.2. The largest absolute Gasteiger partial charge is 0.207 e. The van der Waals surface area contributed by atoms with Crippen LogP contribution in [0.5, 0.6) is 0 Å². The molecule has 5 atom stereocenters. The second kappa shape index (κ2) is 9.14. The lowest BCUT2D eigenvalue weighted by molar-refractivity contribution is 0.115. The van der Waals surface area contributed by atoms with Crippen molar-refractivity contribution in [2.24, 2.45) is 23.7 Å². The molecule has 0 nitrogen and oxygen atoms in total. The number of halogens is 1. The van der Waals surface area contributed by atoms with E-state index in [0.717, 1.165) is 36.2 Å². The van der Waals surface area contributed by atoms with Gasteiger partial charge in [-0.2, -0.15) is 0 Å². The molecule has 0 amide bonds. The van der Waals surface area contributed by atoms with Gasteiger partial charge in [0.05, 0.1) is 0 Å². The maximum Gasteiger partial charge on any atom is 0.126 e.